The molecule has 0 aliphatic rings. The van der Waals surface area contributed by atoms with Gasteiger partial charge in [0.25, 0.3) is 5.91 Å². The predicted molar refractivity (Wildman–Crippen MR) is 80.4 cm³/mol. The van der Waals surface area contributed by atoms with Gasteiger partial charge in [0.05, 0.1) is 12.6 Å². The normalized spacial score (nSPS) is 11.8. The van der Waals surface area contributed by atoms with Crippen molar-refractivity contribution in [2.24, 2.45) is 0 Å². The number of aliphatic hydroxyl groups excluding tert-OH is 1. The van der Waals surface area contributed by atoms with Crippen LogP contribution in [-0.4, -0.2) is 48.1 Å². The molecular weight excluding hydrogens is 324 g/mol. The highest BCUT2D eigenvalue weighted by molar-refractivity contribution is 9.10. The maximum atomic E-state index is 11.8. The van der Waals surface area contributed by atoms with E-state index < -0.39 is 6.10 Å². The highest BCUT2D eigenvalue weighted by atomic mass is 79.9. The molecule has 1 rings (SSSR count). The van der Waals surface area contributed by atoms with E-state index in [0.29, 0.717) is 18.5 Å². The number of nitrogens with zero attached hydrogens (tertiary/aromatic N) is 1. The van der Waals surface area contributed by atoms with E-state index in [0.717, 1.165) is 4.47 Å². The number of carbonyl (C=O) groups excluding carboxylic acids is 2. The Morgan fingerprint density at radius 1 is 1.35 bits per heavy atom. The first kappa shape index (κ1) is 16.7. The summed E-state index contributed by atoms with van der Waals surface area (Å²) >= 11 is 3.29. The van der Waals surface area contributed by atoms with E-state index >= 15 is 0 Å². The third-order valence-corrected chi connectivity index (χ3v) is 3.34. The molecule has 2 N–H and O–H groups in total. The molecule has 20 heavy (non-hydrogen) atoms. The summed E-state index contributed by atoms with van der Waals surface area (Å²) < 4.78 is 0.892. The summed E-state index contributed by atoms with van der Waals surface area (Å²) in [5.74, 6) is -0.467. The van der Waals surface area contributed by atoms with E-state index in [2.05, 4.69) is 21.2 Å². The van der Waals surface area contributed by atoms with Gasteiger partial charge in [-0.3, -0.25) is 9.59 Å². The first-order chi connectivity index (χ1) is 9.40. The highest BCUT2D eigenvalue weighted by Crippen LogP contribution is 2.10. The van der Waals surface area contributed by atoms with Crippen molar-refractivity contribution in [1.82, 2.24) is 10.2 Å². The fraction of sp³-hybridized carbons (Fsp3) is 0.429. The zero-order valence-electron chi connectivity index (χ0n) is 11.6. The molecule has 0 fully saturated rings. The molecule has 0 bridgehead atoms. The number of amides is 2. The Morgan fingerprint density at radius 3 is 2.50 bits per heavy atom. The van der Waals surface area contributed by atoms with Crippen LogP contribution >= 0.6 is 15.9 Å². The summed E-state index contributed by atoms with van der Waals surface area (Å²) in [5, 5.41) is 11.7. The van der Waals surface area contributed by atoms with Gasteiger partial charge in [0.1, 0.15) is 0 Å². The van der Waals surface area contributed by atoms with Crippen molar-refractivity contribution in [2.75, 3.05) is 20.1 Å². The number of halogens is 1. The number of hydrogen-bond donors (Lipinski definition) is 2. The van der Waals surface area contributed by atoms with Gasteiger partial charge in [0, 0.05) is 23.6 Å². The summed E-state index contributed by atoms with van der Waals surface area (Å²) in [6.07, 6.45) is 0.0747. The zero-order chi connectivity index (χ0) is 15.1. The lowest BCUT2D eigenvalue weighted by Crippen LogP contribution is -2.39. The quantitative estimate of drug-likeness (QED) is 0.821. The molecule has 1 atom stereocenters. The van der Waals surface area contributed by atoms with Crippen LogP contribution in [0.15, 0.2) is 28.7 Å². The van der Waals surface area contributed by atoms with E-state index in [1.54, 1.807) is 38.2 Å². The second-order valence-corrected chi connectivity index (χ2v) is 5.56. The standard InChI is InChI=1S/C14H19BrN2O3/c1-10(18)7-8-17(2)13(19)9-16-14(20)11-3-5-12(15)6-4-11/h3-6,10,18H,7-9H2,1-2H3,(H,16,20). The zero-order valence-corrected chi connectivity index (χ0v) is 13.2. The average Bonchev–Trinajstić information content (AvgIpc) is 2.42. The van der Waals surface area contributed by atoms with Crippen LogP contribution in [0.4, 0.5) is 0 Å². The molecule has 0 spiro atoms. The maximum absolute atomic E-state index is 11.8. The van der Waals surface area contributed by atoms with Crippen molar-refractivity contribution in [3.63, 3.8) is 0 Å². The number of carbonyl (C=O) groups is 2. The fourth-order valence-corrected chi connectivity index (χ4v) is 1.76. The number of hydrogen-bond acceptors (Lipinski definition) is 3. The van der Waals surface area contributed by atoms with Crippen LogP contribution < -0.4 is 5.32 Å². The average molecular weight is 343 g/mol. The van der Waals surface area contributed by atoms with Gasteiger partial charge in [-0.05, 0) is 37.6 Å². The molecule has 5 nitrogen and oxygen atoms in total. The Kier molecular flexibility index (Phi) is 6.67. The van der Waals surface area contributed by atoms with Crippen LogP contribution in [0.2, 0.25) is 0 Å². The van der Waals surface area contributed by atoms with E-state index in [-0.39, 0.29) is 18.4 Å². The maximum Gasteiger partial charge on any atom is 0.251 e. The molecule has 1 unspecified atom stereocenters. The molecule has 1 aromatic rings. The molecule has 0 radical (unpaired) electrons. The monoisotopic (exact) mass is 342 g/mol. The SMILES string of the molecule is CC(O)CCN(C)C(=O)CNC(=O)c1ccc(Br)cc1. The van der Waals surface area contributed by atoms with Crippen molar-refractivity contribution in [3.8, 4) is 0 Å². The van der Waals surface area contributed by atoms with Crippen LogP contribution in [-0.2, 0) is 4.79 Å². The van der Waals surface area contributed by atoms with Crippen molar-refractivity contribution < 1.29 is 14.7 Å². The second-order valence-electron chi connectivity index (χ2n) is 4.64. The first-order valence-electron chi connectivity index (χ1n) is 6.36. The predicted octanol–water partition coefficient (Wildman–Crippen LogP) is 1.41. The minimum Gasteiger partial charge on any atom is -0.393 e. The molecular formula is C14H19BrN2O3. The van der Waals surface area contributed by atoms with Gasteiger partial charge in [-0.25, -0.2) is 0 Å². The largest absolute Gasteiger partial charge is 0.393 e. The molecule has 6 heteroatoms. The van der Waals surface area contributed by atoms with Gasteiger partial charge < -0.3 is 15.3 Å². The summed E-state index contributed by atoms with van der Waals surface area (Å²) in [4.78, 5) is 25.1. The Balaban J connectivity index is 2.40. The molecule has 0 aliphatic carbocycles. The summed E-state index contributed by atoms with van der Waals surface area (Å²) in [5.41, 5.74) is 0.507. The topological polar surface area (TPSA) is 69.6 Å². The minimum atomic E-state index is -0.442. The van der Waals surface area contributed by atoms with Crippen LogP contribution in [0.25, 0.3) is 0 Å². The van der Waals surface area contributed by atoms with Gasteiger partial charge in [0.15, 0.2) is 0 Å². The van der Waals surface area contributed by atoms with E-state index in [1.807, 2.05) is 0 Å². The van der Waals surface area contributed by atoms with E-state index in [1.165, 1.54) is 4.90 Å². The lowest BCUT2D eigenvalue weighted by Gasteiger charge is -2.18. The third-order valence-electron chi connectivity index (χ3n) is 2.81. The van der Waals surface area contributed by atoms with Crippen LogP contribution in [0, 0.1) is 0 Å². The molecule has 0 saturated heterocycles. The van der Waals surface area contributed by atoms with Crippen molar-refractivity contribution in [3.05, 3.63) is 34.3 Å². The van der Waals surface area contributed by atoms with Crippen LogP contribution in [0.3, 0.4) is 0 Å². The van der Waals surface area contributed by atoms with Gasteiger partial charge in [-0.2, -0.15) is 0 Å². The molecule has 0 saturated carbocycles. The van der Waals surface area contributed by atoms with E-state index in [4.69, 9.17) is 5.11 Å². The van der Waals surface area contributed by atoms with Crippen molar-refractivity contribution in [2.45, 2.75) is 19.4 Å². The van der Waals surface area contributed by atoms with Crippen molar-refractivity contribution >= 4 is 27.7 Å². The number of aliphatic hydroxyl groups is 1. The lowest BCUT2D eigenvalue weighted by atomic mass is 10.2. The Bertz CT molecular complexity index is 460. The smallest absolute Gasteiger partial charge is 0.251 e. The Morgan fingerprint density at radius 2 is 1.95 bits per heavy atom. The molecule has 0 heterocycles. The molecule has 1 aromatic carbocycles. The second kappa shape index (κ2) is 8.01. The number of nitrogens with one attached hydrogen (secondary N) is 1. The van der Waals surface area contributed by atoms with Gasteiger partial charge >= 0.3 is 0 Å². The Hall–Kier alpha value is -1.40. The van der Waals surface area contributed by atoms with Crippen molar-refractivity contribution in [1.29, 1.82) is 0 Å². The third kappa shape index (κ3) is 5.71. The number of benzene rings is 1. The summed E-state index contributed by atoms with van der Waals surface area (Å²) in [6.45, 7) is 2.09. The molecule has 110 valence electrons. The van der Waals surface area contributed by atoms with Gasteiger partial charge in [-0.15, -0.1) is 0 Å². The van der Waals surface area contributed by atoms with Gasteiger partial charge in [-0.1, -0.05) is 15.9 Å². The van der Waals surface area contributed by atoms with Crippen LogP contribution in [0.1, 0.15) is 23.7 Å². The minimum absolute atomic E-state index is 0.0504. The first-order valence-corrected chi connectivity index (χ1v) is 7.15. The highest BCUT2D eigenvalue weighted by Gasteiger charge is 2.12. The van der Waals surface area contributed by atoms with Crippen LogP contribution in [0.5, 0.6) is 0 Å². The summed E-state index contributed by atoms with van der Waals surface area (Å²) in [6, 6.07) is 6.90. The van der Waals surface area contributed by atoms with E-state index in [9.17, 15) is 9.59 Å². The Labute approximate surface area is 127 Å². The molecule has 2 amide bonds. The summed E-state index contributed by atoms with van der Waals surface area (Å²) in [7, 11) is 1.65. The molecule has 0 aromatic heterocycles. The van der Waals surface area contributed by atoms with Gasteiger partial charge in [0.2, 0.25) is 5.91 Å². The lowest BCUT2D eigenvalue weighted by molar-refractivity contribution is -0.129. The number of likely N-dealkylation sites (N-methyl/N-ethyl adjacent to an activating group) is 1. The number of rotatable bonds is 6. The molecule has 0 aliphatic heterocycles. The fourth-order valence-electron chi connectivity index (χ4n) is 1.50.